The molecule has 6 N–H and O–H groups in total. The number of H-pyrrole nitrogens is 1. The summed E-state index contributed by atoms with van der Waals surface area (Å²) in [5.74, 6) is -2.59. The number of rotatable bonds is 7. The Morgan fingerprint density at radius 3 is 2.84 bits per heavy atom. The molecule has 0 aromatic carbocycles. The second kappa shape index (κ2) is 9.62. The van der Waals surface area contributed by atoms with Crippen LogP contribution < -0.4 is 11.1 Å². The normalized spacial score (nSPS) is 22.9. The van der Waals surface area contributed by atoms with Crippen LogP contribution in [0.15, 0.2) is 33.5 Å². The average Bonchev–Trinajstić information content (AvgIpc) is 3.62. The number of carboxylic acids is 1. The Morgan fingerprint density at radius 2 is 2.19 bits per heavy atom. The van der Waals surface area contributed by atoms with E-state index in [1.54, 1.807) is 0 Å². The van der Waals surface area contributed by atoms with Crippen LogP contribution in [-0.4, -0.2) is 98.8 Å². The Hall–Kier alpha value is -4.32. The maximum absolute atomic E-state index is 12.9. The molecule has 2 aromatic rings. The first-order valence-corrected chi connectivity index (χ1v) is 12.6. The number of fused-ring (bicyclic) bond motifs is 1. The Balaban J connectivity index is 1.32. The van der Waals surface area contributed by atoms with E-state index in [4.69, 9.17) is 5.73 Å². The minimum atomic E-state index is -1.33. The van der Waals surface area contributed by atoms with E-state index in [0.29, 0.717) is 29.9 Å². The lowest BCUT2D eigenvalue weighted by molar-refractivity contribution is -0.150. The summed E-state index contributed by atoms with van der Waals surface area (Å²) in [6, 6.07) is -1.05. The molecule has 2 fully saturated rings. The second-order valence-electron chi connectivity index (χ2n) is 8.03. The molecule has 0 unspecified atom stereocenters. The molecule has 5 heterocycles. The van der Waals surface area contributed by atoms with Crippen LogP contribution in [0, 0.1) is 0 Å². The second-order valence-corrected chi connectivity index (χ2v) is 10.0. The number of allylic oxidation sites excluding steroid dienone is 1. The zero-order valence-electron chi connectivity index (χ0n) is 18.7. The number of nitrogens with one attached hydrogen (secondary N) is 2. The molecule has 16 nitrogen and oxygen atoms in total. The highest BCUT2D eigenvalue weighted by atomic mass is 32.2. The van der Waals surface area contributed by atoms with Gasteiger partial charge in [0.05, 0.1) is 6.54 Å². The summed E-state index contributed by atoms with van der Waals surface area (Å²) in [6.45, 7) is 0.563. The topological polar surface area (TPSA) is 233 Å². The molecule has 3 amide bonds. The predicted octanol–water partition coefficient (Wildman–Crippen LogP) is -1.49. The first-order valence-electron chi connectivity index (χ1n) is 10.7. The number of nitrogens with zero attached hydrogens (tertiary/aromatic N) is 7. The molecule has 2 saturated heterocycles. The number of anilines is 1. The van der Waals surface area contributed by atoms with Crippen molar-refractivity contribution in [1.29, 1.82) is 0 Å². The number of nitrogens with two attached hydrogens (primary N) is 1. The summed E-state index contributed by atoms with van der Waals surface area (Å²) in [7, 11) is 0. The molecule has 37 heavy (non-hydrogen) atoms. The minimum absolute atomic E-state index is 0.0389. The summed E-state index contributed by atoms with van der Waals surface area (Å²) in [6.07, 6.45) is 1.89. The highest BCUT2D eigenvalue weighted by molar-refractivity contribution is 8.00. The third kappa shape index (κ3) is 4.40. The van der Waals surface area contributed by atoms with Crippen molar-refractivity contribution in [2.45, 2.75) is 24.4 Å². The largest absolute Gasteiger partial charge is 0.477 e. The first kappa shape index (κ1) is 24.4. The summed E-state index contributed by atoms with van der Waals surface area (Å²) in [5.41, 5.74) is 5.63. The van der Waals surface area contributed by atoms with Crippen molar-refractivity contribution in [2.75, 3.05) is 18.0 Å². The number of carboxylic acid groups (broad SMARTS) is 1. The molecule has 2 aromatic heterocycles. The number of aromatic nitrogens is 5. The average molecular weight is 547 g/mol. The van der Waals surface area contributed by atoms with E-state index in [-0.39, 0.29) is 34.7 Å². The van der Waals surface area contributed by atoms with E-state index in [1.165, 1.54) is 28.1 Å². The summed E-state index contributed by atoms with van der Waals surface area (Å²) in [5, 5.41) is 38.9. The summed E-state index contributed by atoms with van der Waals surface area (Å²) >= 11 is 2.28. The number of amides is 3. The lowest BCUT2D eigenvalue weighted by Gasteiger charge is -2.49. The molecule has 0 saturated carbocycles. The smallest absolute Gasteiger partial charge is 0.352 e. The molecular formula is C19H18N10O6S2. The van der Waals surface area contributed by atoms with Gasteiger partial charge in [-0.2, -0.15) is 5.21 Å². The number of aromatic amines is 1. The Kier molecular flexibility index (Phi) is 6.34. The molecule has 0 spiro atoms. The van der Waals surface area contributed by atoms with E-state index in [9.17, 15) is 29.5 Å². The number of carbonyl (C=O) groups excluding carboxylic acids is 3. The number of oxime groups is 1. The van der Waals surface area contributed by atoms with Crippen molar-refractivity contribution in [3.8, 4) is 0 Å². The molecule has 3 aliphatic rings. The third-order valence-electron chi connectivity index (χ3n) is 5.85. The van der Waals surface area contributed by atoms with Crippen molar-refractivity contribution >= 4 is 57.6 Å². The number of hydrogen-bond acceptors (Lipinski definition) is 13. The van der Waals surface area contributed by atoms with E-state index >= 15 is 0 Å². The zero-order chi connectivity index (χ0) is 26.3. The number of aliphatic carboxylic acids is 1. The number of nitrogen functional groups attached to an aromatic ring is 1. The van der Waals surface area contributed by atoms with Gasteiger partial charge in [-0.15, -0.1) is 33.3 Å². The lowest BCUT2D eigenvalue weighted by Crippen LogP contribution is -2.71. The van der Waals surface area contributed by atoms with Crippen molar-refractivity contribution in [2.24, 2.45) is 5.16 Å². The SMILES string of the molecule is Nc1nc(/C(=N/O)C(=O)N[C@@H]2C(=O)N3C(C(=O)O)=C(C=C4CCN(Cc5nn[nH]n5)C4=O)CS[C@H]23)cs1. The minimum Gasteiger partial charge on any atom is -0.477 e. The van der Waals surface area contributed by atoms with Gasteiger partial charge in [-0.25, -0.2) is 9.78 Å². The van der Waals surface area contributed by atoms with Crippen molar-refractivity contribution < 1.29 is 29.5 Å². The quantitative estimate of drug-likeness (QED) is 0.0879. The molecule has 3 aliphatic heterocycles. The number of thiazole rings is 1. The fourth-order valence-corrected chi connectivity index (χ4v) is 6.01. The van der Waals surface area contributed by atoms with Crippen LogP contribution >= 0.6 is 23.1 Å². The van der Waals surface area contributed by atoms with E-state index in [1.807, 2.05) is 0 Å². The van der Waals surface area contributed by atoms with Gasteiger partial charge in [-0.05, 0) is 18.1 Å². The van der Waals surface area contributed by atoms with E-state index in [0.717, 1.165) is 16.2 Å². The molecular weight excluding hydrogens is 528 g/mol. The molecule has 18 heteroatoms. The van der Waals surface area contributed by atoms with Crippen LogP contribution in [0.1, 0.15) is 17.9 Å². The van der Waals surface area contributed by atoms with E-state index in [2.05, 4.69) is 36.1 Å². The van der Waals surface area contributed by atoms with Gasteiger partial charge in [0.25, 0.3) is 11.8 Å². The van der Waals surface area contributed by atoms with Gasteiger partial charge in [-0.3, -0.25) is 19.3 Å². The highest BCUT2D eigenvalue weighted by Crippen LogP contribution is 2.41. The standard InChI is InChI=1S/C19H18N10O6S2/c20-19-21-9(6-37-19)11(25-35)14(30)22-12-16(32)29-13(18(33)34)8(5-36-17(12)29)3-7-1-2-28(15(7)31)4-10-23-26-27-24-10/h3,6,12,17,35H,1-2,4-5H2,(H2,20,21)(H,22,30)(H,33,34)(H,23,24,26,27)/b7-3?,25-11-/t12-,17-/m1/s1. The number of tetrazole rings is 1. The number of carbonyl (C=O) groups is 4. The van der Waals surface area contributed by atoms with Gasteiger partial charge in [0.15, 0.2) is 16.7 Å². The van der Waals surface area contributed by atoms with Crippen LogP contribution in [0.4, 0.5) is 5.13 Å². The maximum atomic E-state index is 12.9. The fraction of sp³-hybridized carbons (Fsp3) is 0.316. The number of likely N-dealkylation sites (tertiary alicyclic amines) is 1. The summed E-state index contributed by atoms with van der Waals surface area (Å²) < 4.78 is 0. The molecule has 0 bridgehead atoms. The Morgan fingerprint density at radius 1 is 1.38 bits per heavy atom. The van der Waals surface area contributed by atoms with Gasteiger partial charge in [0.1, 0.15) is 22.8 Å². The van der Waals surface area contributed by atoms with E-state index < -0.39 is 34.9 Å². The van der Waals surface area contributed by atoms with Crippen molar-refractivity contribution in [3.05, 3.63) is 39.8 Å². The predicted molar refractivity (Wildman–Crippen MR) is 127 cm³/mol. The molecule has 0 radical (unpaired) electrons. The first-order chi connectivity index (χ1) is 17.8. The van der Waals surface area contributed by atoms with Gasteiger partial charge < -0.3 is 26.3 Å². The Bertz CT molecular complexity index is 1380. The highest BCUT2D eigenvalue weighted by Gasteiger charge is 2.54. The molecule has 5 rings (SSSR count). The number of hydrogen-bond donors (Lipinski definition) is 5. The number of β-lactam (4-membered cyclic amide) rings is 1. The monoisotopic (exact) mass is 546 g/mol. The van der Waals surface area contributed by atoms with Crippen molar-refractivity contribution in [1.82, 2.24) is 40.7 Å². The lowest BCUT2D eigenvalue weighted by atomic mass is 10.0. The van der Waals surface area contributed by atoms with Crippen LogP contribution in [0.25, 0.3) is 0 Å². The van der Waals surface area contributed by atoms with Gasteiger partial charge in [-0.1, -0.05) is 10.4 Å². The van der Waals surface area contributed by atoms with Gasteiger partial charge in [0, 0.05) is 23.3 Å². The summed E-state index contributed by atoms with van der Waals surface area (Å²) in [4.78, 5) is 57.0. The van der Waals surface area contributed by atoms with Gasteiger partial charge in [0.2, 0.25) is 5.91 Å². The fourth-order valence-electron chi connectivity index (χ4n) is 4.16. The zero-order valence-corrected chi connectivity index (χ0v) is 20.3. The Labute approximate surface area is 215 Å². The third-order valence-corrected chi connectivity index (χ3v) is 7.83. The van der Waals surface area contributed by atoms with Gasteiger partial charge >= 0.3 is 5.97 Å². The number of thioether (sulfide) groups is 1. The van der Waals surface area contributed by atoms with Crippen LogP contribution in [0.5, 0.6) is 0 Å². The maximum Gasteiger partial charge on any atom is 0.352 e. The van der Waals surface area contributed by atoms with Crippen LogP contribution in [0.2, 0.25) is 0 Å². The van der Waals surface area contributed by atoms with Crippen molar-refractivity contribution in [3.63, 3.8) is 0 Å². The molecule has 0 aliphatic carbocycles. The van der Waals surface area contributed by atoms with Crippen LogP contribution in [-0.2, 0) is 25.7 Å². The molecule has 192 valence electrons. The molecule has 2 atom stereocenters. The van der Waals surface area contributed by atoms with Crippen LogP contribution in [0.3, 0.4) is 0 Å².